The van der Waals surface area contributed by atoms with Gasteiger partial charge in [-0.3, -0.25) is 14.5 Å². The van der Waals surface area contributed by atoms with E-state index < -0.39 is 0 Å². The Labute approximate surface area is 275 Å². The summed E-state index contributed by atoms with van der Waals surface area (Å²) in [4.78, 5) is 32.8. The molecule has 11 heteroatoms. The van der Waals surface area contributed by atoms with Gasteiger partial charge in [0.15, 0.2) is 4.34 Å². The van der Waals surface area contributed by atoms with Crippen LogP contribution in [0.3, 0.4) is 0 Å². The van der Waals surface area contributed by atoms with Crippen LogP contribution in [-0.4, -0.2) is 52.6 Å². The second kappa shape index (κ2) is 14.5. The fourth-order valence-electron chi connectivity index (χ4n) is 5.61. The summed E-state index contributed by atoms with van der Waals surface area (Å²) in [5.74, 6) is 0.303. The number of benzene rings is 3. The van der Waals surface area contributed by atoms with E-state index in [0.717, 1.165) is 59.3 Å². The first-order valence-corrected chi connectivity index (χ1v) is 17.3. The predicted molar refractivity (Wildman–Crippen MR) is 181 cm³/mol. The number of anilines is 1. The monoisotopic (exact) mass is 665 g/mol. The summed E-state index contributed by atoms with van der Waals surface area (Å²) in [6.07, 6.45) is 2.49. The van der Waals surface area contributed by atoms with Crippen molar-refractivity contribution in [3.8, 4) is 11.3 Å². The molecule has 44 heavy (non-hydrogen) atoms. The number of hydrogen-bond acceptors (Lipinski definition) is 7. The maximum absolute atomic E-state index is 13.0. The van der Waals surface area contributed by atoms with Gasteiger partial charge in [0.25, 0.3) is 0 Å². The highest BCUT2D eigenvalue weighted by atomic mass is 35.5. The number of piperidine rings is 1. The van der Waals surface area contributed by atoms with Gasteiger partial charge in [-0.05, 0) is 60.2 Å². The standard InChI is InChI=1S/C33H33Cl2N5O2S2/c34-27-9-8-21(14-28(27)35)18-40-12-10-25(11-13-40)37-31(41)20-44-33-39-30(19-43-33)23-6-3-7-26(15-23)38-32(42)29-16-22-4-1-2-5-24(22)17-36-29/h1-9,14-15,19,25,29,36H,10-13,16-18,20H2,(H,37,41)(H,38,42). The quantitative estimate of drug-likeness (QED) is 0.174. The number of rotatable bonds is 9. The summed E-state index contributed by atoms with van der Waals surface area (Å²) in [7, 11) is 0. The molecule has 228 valence electrons. The number of aromatic nitrogens is 1. The molecule has 4 aromatic rings. The molecule has 1 atom stereocenters. The number of amides is 2. The molecule has 0 bridgehead atoms. The van der Waals surface area contributed by atoms with E-state index in [0.29, 0.717) is 28.8 Å². The smallest absolute Gasteiger partial charge is 0.241 e. The van der Waals surface area contributed by atoms with Gasteiger partial charge >= 0.3 is 0 Å². The average Bonchev–Trinajstić information content (AvgIpc) is 3.52. The average molecular weight is 667 g/mol. The lowest BCUT2D eigenvalue weighted by molar-refractivity contribution is -0.120. The van der Waals surface area contributed by atoms with E-state index in [1.54, 1.807) is 0 Å². The minimum Gasteiger partial charge on any atom is -0.353 e. The largest absolute Gasteiger partial charge is 0.353 e. The van der Waals surface area contributed by atoms with Gasteiger partial charge in [-0.25, -0.2) is 4.98 Å². The molecule has 7 nitrogen and oxygen atoms in total. The summed E-state index contributed by atoms with van der Waals surface area (Å²) < 4.78 is 0.839. The lowest BCUT2D eigenvalue weighted by Gasteiger charge is -2.32. The van der Waals surface area contributed by atoms with Crippen LogP contribution in [0.15, 0.2) is 76.4 Å². The van der Waals surface area contributed by atoms with Crippen LogP contribution in [-0.2, 0) is 29.1 Å². The maximum atomic E-state index is 13.0. The molecule has 3 N–H and O–H groups in total. The lowest BCUT2D eigenvalue weighted by atomic mass is 9.95. The second-order valence-electron chi connectivity index (χ2n) is 11.1. The van der Waals surface area contributed by atoms with E-state index in [2.05, 4.69) is 33.0 Å². The topological polar surface area (TPSA) is 86.4 Å². The minimum absolute atomic E-state index is 0.0262. The number of hydrogen-bond donors (Lipinski definition) is 3. The van der Waals surface area contributed by atoms with Crippen molar-refractivity contribution < 1.29 is 9.59 Å². The van der Waals surface area contributed by atoms with E-state index in [9.17, 15) is 9.59 Å². The van der Waals surface area contributed by atoms with Crippen molar-refractivity contribution in [3.63, 3.8) is 0 Å². The number of thiazole rings is 1. The van der Waals surface area contributed by atoms with Gasteiger partial charge in [-0.2, -0.15) is 0 Å². The third kappa shape index (κ3) is 8.02. The van der Waals surface area contributed by atoms with Crippen molar-refractivity contribution >= 4 is 63.8 Å². The van der Waals surface area contributed by atoms with E-state index in [4.69, 9.17) is 28.2 Å². The first-order chi connectivity index (χ1) is 21.4. The van der Waals surface area contributed by atoms with E-state index in [-0.39, 0.29) is 23.9 Å². The third-order valence-corrected chi connectivity index (χ3v) is 10.7. The summed E-state index contributed by atoms with van der Waals surface area (Å²) in [6, 6.07) is 21.6. The fourth-order valence-corrected chi connectivity index (χ4v) is 7.58. The first kappa shape index (κ1) is 31.1. The van der Waals surface area contributed by atoms with Crippen LogP contribution in [0.5, 0.6) is 0 Å². The summed E-state index contributed by atoms with van der Waals surface area (Å²) in [5.41, 5.74) is 6.07. The Bertz CT molecular complexity index is 1640. The normalized spacial score (nSPS) is 17.2. The molecular formula is C33H33Cl2N5O2S2. The summed E-state index contributed by atoms with van der Waals surface area (Å²) in [5, 5.41) is 12.7. The molecule has 3 heterocycles. The molecule has 1 fully saturated rings. The van der Waals surface area contributed by atoms with Crippen LogP contribution < -0.4 is 16.0 Å². The summed E-state index contributed by atoms with van der Waals surface area (Å²) in [6.45, 7) is 3.34. The highest BCUT2D eigenvalue weighted by Gasteiger charge is 2.24. The van der Waals surface area contributed by atoms with E-state index >= 15 is 0 Å². The van der Waals surface area contributed by atoms with Crippen LogP contribution in [0, 0.1) is 0 Å². The SMILES string of the molecule is O=C(CSc1nc(-c2cccc(NC(=O)C3Cc4ccccc4CN3)c2)cs1)NC1CCN(Cc2ccc(Cl)c(Cl)c2)CC1. The molecule has 1 saturated heterocycles. The number of carbonyl (C=O) groups excluding carboxylic acids is 2. The molecule has 3 aromatic carbocycles. The number of likely N-dealkylation sites (tertiary alicyclic amines) is 1. The Balaban J connectivity index is 0.950. The van der Waals surface area contributed by atoms with Gasteiger partial charge in [0.2, 0.25) is 11.8 Å². The van der Waals surface area contributed by atoms with E-state index in [1.807, 2.05) is 60.0 Å². The van der Waals surface area contributed by atoms with Gasteiger partial charge < -0.3 is 16.0 Å². The van der Waals surface area contributed by atoms with Gasteiger partial charge in [-0.15, -0.1) is 11.3 Å². The molecule has 0 spiro atoms. The van der Waals surface area contributed by atoms with Crippen LogP contribution in [0.1, 0.15) is 29.5 Å². The van der Waals surface area contributed by atoms with Crippen molar-refractivity contribution in [2.45, 2.75) is 48.8 Å². The molecule has 2 amide bonds. The van der Waals surface area contributed by atoms with Crippen LogP contribution in [0.25, 0.3) is 11.3 Å². The molecule has 2 aliphatic heterocycles. The minimum atomic E-state index is -0.275. The first-order valence-electron chi connectivity index (χ1n) is 14.6. The highest BCUT2D eigenvalue weighted by Crippen LogP contribution is 2.30. The molecule has 1 aromatic heterocycles. The van der Waals surface area contributed by atoms with Crippen molar-refractivity contribution in [2.75, 3.05) is 24.2 Å². The zero-order chi connectivity index (χ0) is 30.5. The molecule has 2 aliphatic rings. The predicted octanol–water partition coefficient (Wildman–Crippen LogP) is 6.64. The fraction of sp³-hybridized carbons (Fsp3) is 0.303. The summed E-state index contributed by atoms with van der Waals surface area (Å²) >= 11 is 15.2. The number of fused-ring (bicyclic) bond motifs is 1. The third-order valence-electron chi connectivity index (χ3n) is 7.98. The van der Waals surface area contributed by atoms with Crippen molar-refractivity contribution in [2.24, 2.45) is 0 Å². The molecule has 0 aliphatic carbocycles. The van der Waals surface area contributed by atoms with Crippen LogP contribution in [0.2, 0.25) is 10.0 Å². The highest BCUT2D eigenvalue weighted by molar-refractivity contribution is 8.01. The van der Waals surface area contributed by atoms with Crippen molar-refractivity contribution in [3.05, 3.63) is 98.8 Å². The van der Waals surface area contributed by atoms with Crippen LogP contribution >= 0.6 is 46.3 Å². The van der Waals surface area contributed by atoms with Crippen molar-refractivity contribution in [1.82, 2.24) is 20.5 Å². The van der Waals surface area contributed by atoms with Gasteiger partial charge in [0.1, 0.15) is 0 Å². The Kier molecular flexibility index (Phi) is 10.2. The Morgan fingerprint density at radius 3 is 2.64 bits per heavy atom. The van der Waals surface area contributed by atoms with Crippen LogP contribution in [0.4, 0.5) is 5.69 Å². The van der Waals surface area contributed by atoms with Gasteiger partial charge in [0, 0.05) is 48.9 Å². The number of carbonyl (C=O) groups is 2. The molecule has 0 saturated carbocycles. The van der Waals surface area contributed by atoms with Gasteiger partial charge in [-0.1, -0.05) is 77.4 Å². The van der Waals surface area contributed by atoms with Crippen molar-refractivity contribution in [1.29, 1.82) is 0 Å². The molecular weight excluding hydrogens is 633 g/mol. The number of halogens is 2. The Morgan fingerprint density at radius 2 is 1.82 bits per heavy atom. The molecule has 1 unspecified atom stereocenters. The Morgan fingerprint density at radius 1 is 1.00 bits per heavy atom. The second-order valence-corrected chi connectivity index (χ2v) is 14.0. The van der Waals surface area contributed by atoms with E-state index in [1.165, 1.54) is 34.2 Å². The number of thioether (sulfide) groups is 1. The zero-order valence-corrected chi connectivity index (χ0v) is 27.2. The zero-order valence-electron chi connectivity index (χ0n) is 24.0. The molecule has 6 rings (SSSR count). The lowest BCUT2D eigenvalue weighted by Crippen LogP contribution is -2.44. The molecule has 0 radical (unpaired) electrons. The number of nitrogens with zero attached hydrogens (tertiary/aromatic N) is 2. The van der Waals surface area contributed by atoms with Gasteiger partial charge in [0.05, 0.1) is 27.5 Å². The number of nitrogens with one attached hydrogen (secondary N) is 3. The Hall–Kier alpha value is -2.92. The maximum Gasteiger partial charge on any atom is 0.241 e.